The smallest absolute Gasteiger partial charge is 0.273 e. The van der Waals surface area contributed by atoms with E-state index >= 15 is 0 Å². The maximum Gasteiger partial charge on any atom is 0.273 e. The lowest BCUT2D eigenvalue weighted by molar-refractivity contribution is -0.385. The molecular formula is C31H37ClN4O8S. The van der Waals surface area contributed by atoms with Crippen LogP contribution < -0.4 is 19.1 Å². The molecule has 3 rings (SSSR count). The monoisotopic (exact) mass is 660 g/mol. The number of sulfonamides is 1. The minimum absolute atomic E-state index is 0.0450. The molecule has 3 aromatic carbocycles. The van der Waals surface area contributed by atoms with E-state index in [2.05, 4.69) is 5.32 Å². The van der Waals surface area contributed by atoms with Gasteiger partial charge in [0.2, 0.25) is 11.8 Å². The Morgan fingerprint density at radius 2 is 1.76 bits per heavy atom. The van der Waals surface area contributed by atoms with Crippen LogP contribution >= 0.6 is 11.6 Å². The van der Waals surface area contributed by atoms with Crippen molar-refractivity contribution in [1.29, 1.82) is 0 Å². The van der Waals surface area contributed by atoms with Crippen LogP contribution in [-0.2, 0) is 26.2 Å². The van der Waals surface area contributed by atoms with Crippen LogP contribution in [0.25, 0.3) is 0 Å². The van der Waals surface area contributed by atoms with Crippen molar-refractivity contribution in [3.63, 3.8) is 0 Å². The van der Waals surface area contributed by atoms with Gasteiger partial charge >= 0.3 is 0 Å². The van der Waals surface area contributed by atoms with Gasteiger partial charge in [0.05, 0.1) is 29.7 Å². The van der Waals surface area contributed by atoms with Crippen LogP contribution in [0, 0.1) is 17.0 Å². The van der Waals surface area contributed by atoms with Crippen LogP contribution in [0.15, 0.2) is 65.6 Å². The summed E-state index contributed by atoms with van der Waals surface area (Å²) in [5.41, 5.74) is 0.426. The molecular weight excluding hydrogens is 624 g/mol. The zero-order valence-corrected chi connectivity index (χ0v) is 27.5. The first-order valence-corrected chi connectivity index (χ1v) is 15.9. The second kappa shape index (κ2) is 15.1. The Hall–Kier alpha value is -4.36. The van der Waals surface area contributed by atoms with Crippen molar-refractivity contribution >= 4 is 44.8 Å². The molecule has 0 radical (unpaired) electrons. The molecule has 0 bridgehead atoms. The first-order chi connectivity index (χ1) is 21.2. The fourth-order valence-corrected chi connectivity index (χ4v) is 6.32. The number of methoxy groups -OCH3 is 2. The molecule has 1 N–H and O–H groups in total. The molecule has 0 spiro atoms. The molecule has 0 unspecified atom stereocenters. The average molecular weight is 661 g/mol. The predicted octanol–water partition coefficient (Wildman–Crippen LogP) is 5.10. The summed E-state index contributed by atoms with van der Waals surface area (Å²) in [6, 6.07) is 13.5. The molecule has 0 saturated carbocycles. The summed E-state index contributed by atoms with van der Waals surface area (Å²) in [6.07, 6.45) is 0.228. The Balaban J connectivity index is 2.20. The number of nitro benzene ring substituents is 1. The van der Waals surface area contributed by atoms with Crippen molar-refractivity contribution < 1.29 is 32.4 Å². The Labute approximate surface area is 268 Å². The molecule has 0 saturated heterocycles. The number of ether oxygens (including phenoxy) is 2. The Kier molecular flexibility index (Phi) is 11.8. The van der Waals surface area contributed by atoms with E-state index in [4.69, 9.17) is 21.1 Å². The second-order valence-corrected chi connectivity index (χ2v) is 12.8. The van der Waals surface area contributed by atoms with Crippen molar-refractivity contribution in [2.45, 2.75) is 57.6 Å². The van der Waals surface area contributed by atoms with Gasteiger partial charge in [-0.1, -0.05) is 36.7 Å². The highest BCUT2D eigenvalue weighted by Crippen LogP contribution is 2.36. The number of carbonyl (C=O) groups excluding carboxylic acids is 2. The maximum absolute atomic E-state index is 14.3. The molecule has 1 atom stereocenters. The Morgan fingerprint density at radius 1 is 1.04 bits per heavy atom. The SMILES string of the molecule is CC[C@@H](C(=O)NC(C)C)N(Cc1cccc(OC)c1)C(=O)CN(c1cc(Cl)ccc1OC)S(=O)(=O)c1ccc(C)c([N+](=O)[O-])c1. The fourth-order valence-electron chi connectivity index (χ4n) is 4.71. The summed E-state index contributed by atoms with van der Waals surface area (Å²) >= 11 is 6.27. The van der Waals surface area contributed by atoms with Gasteiger partial charge in [-0.3, -0.25) is 24.0 Å². The Bertz CT molecular complexity index is 1660. The van der Waals surface area contributed by atoms with Gasteiger partial charge in [-0.25, -0.2) is 8.42 Å². The molecule has 0 aliphatic carbocycles. The van der Waals surface area contributed by atoms with E-state index in [1.807, 2.05) is 0 Å². The molecule has 0 aliphatic heterocycles. The van der Waals surface area contributed by atoms with Gasteiger partial charge in [0.1, 0.15) is 24.1 Å². The normalized spacial score (nSPS) is 11.9. The molecule has 2 amide bonds. The molecule has 0 aromatic heterocycles. The summed E-state index contributed by atoms with van der Waals surface area (Å²) < 4.78 is 40.1. The number of halogens is 1. The quantitative estimate of drug-likeness (QED) is 0.185. The van der Waals surface area contributed by atoms with Gasteiger partial charge in [0.15, 0.2) is 0 Å². The highest BCUT2D eigenvalue weighted by atomic mass is 35.5. The summed E-state index contributed by atoms with van der Waals surface area (Å²) in [5, 5.41) is 14.7. The van der Waals surface area contributed by atoms with Gasteiger partial charge in [-0.15, -0.1) is 0 Å². The molecule has 3 aromatic rings. The predicted molar refractivity (Wildman–Crippen MR) is 171 cm³/mol. The summed E-state index contributed by atoms with van der Waals surface area (Å²) in [4.78, 5) is 39.5. The molecule has 12 nitrogen and oxygen atoms in total. The minimum Gasteiger partial charge on any atom is -0.497 e. The number of carbonyl (C=O) groups is 2. The highest BCUT2D eigenvalue weighted by molar-refractivity contribution is 7.92. The van der Waals surface area contributed by atoms with Gasteiger partial charge in [-0.2, -0.15) is 0 Å². The van der Waals surface area contributed by atoms with E-state index in [9.17, 15) is 28.1 Å². The third kappa shape index (κ3) is 8.43. The molecule has 14 heteroatoms. The molecule has 0 aliphatic rings. The van der Waals surface area contributed by atoms with E-state index in [1.54, 1.807) is 45.0 Å². The van der Waals surface area contributed by atoms with Crippen LogP contribution in [0.1, 0.15) is 38.3 Å². The number of rotatable bonds is 14. The van der Waals surface area contributed by atoms with E-state index < -0.39 is 49.9 Å². The molecule has 242 valence electrons. The van der Waals surface area contributed by atoms with Gasteiger partial charge in [0, 0.05) is 29.2 Å². The number of nitro groups is 1. The number of benzene rings is 3. The lowest BCUT2D eigenvalue weighted by Gasteiger charge is -2.34. The van der Waals surface area contributed by atoms with Gasteiger partial charge < -0.3 is 19.7 Å². The number of aryl methyl sites for hydroxylation is 1. The topological polar surface area (TPSA) is 148 Å². The minimum atomic E-state index is -4.64. The largest absolute Gasteiger partial charge is 0.497 e. The Morgan fingerprint density at radius 3 is 2.36 bits per heavy atom. The number of hydrogen-bond donors (Lipinski definition) is 1. The average Bonchev–Trinajstić information content (AvgIpc) is 2.99. The van der Waals surface area contributed by atoms with Crippen LogP contribution in [0.2, 0.25) is 5.02 Å². The first kappa shape index (κ1) is 35.1. The first-order valence-electron chi connectivity index (χ1n) is 14.1. The van der Waals surface area contributed by atoms with Crippen LogP contribution in [0.5, 0.6) is 11.5 Å². The van der Waals surface area contributed by atoms with E-state index in [1.165, 1.54) is 56.4 Å². The van der Waals surface area contributed by atoms with E-state index in [0.29, 0.717) is 11.3 Å². The lowest BCUT2D eigenvalue weighted by atomic mass is 10.1. The van der Waals surface area contributed by atoms with Crippen LogP contribution in [0.4, 0.5) is 11.4 Å². The maximum atomic E-state index is 14.3. The van der Waals surface area contributed by atoms with Gasteiger partial charge in [-0.05, 0) is 69.2 Å². The molecule has 45 heavy (non-hydrogen) atoms. The zero-order valence-electron chi connectivity index (χ0n) is 25.9. The summed E-state index contributed by atoms with van der Waals surface area (Å²) in [5.74, 6) is -0.502. The summed E-state index contributed by atoms with van der Waals surface area (Å²) in [7, 11) is -1.81. The highest BCUT2D eigenvalue weighted by Gasteiger charge is 2.36. The van der Waals surface area contributed by atoms with Gasteiger partial charge in [0.25, 0.3) is 15.7 Å². The third-order valence-electron chi connectivity index (χ3n) is 6.96. The third-order valence-corrected chi connectivity index (χ3v) is 8.95. The fraction of sp³-hybridized carbons (Fsp3) is 0.355. The number of hydrogen-bond acceptors (Lipinski definition) is 8. The van der Waals surface area contributed by atoms with Crippen molar-refractivity contribution in [3.8, 4) is 11.5 Å². The van der Waals surface area contributed by atoms with Crippen LogP contribution in [0.3, 0.4) is 0 Å². The standard InChI is InChI=1S/C31H37ClN4O8S/c1-7-26(31(38)33-20(2)3)34(18-22-9-8-10-24(15-22)43-5)30(37)19-35(28-16-23(32)12-14-29(28)44-6)45(41,42)25-13-11-21(4)27(17-25)36(39)40/h8-17,20,26H,7,18-19H2,1-6H3,(H,33,38)/t26-/m0/s1. The summed E-state index contributed by atoms with van der Waals surface area (Å²) in [6.45, 7) is 5.99. The molecule has 0 fully saturated rings. The lowest BCUT2D eigenvalue weighted by Crippen LogP contribution is -2.53. The number of anilines is 1. The van der Waals surface area contributed by atoms with Crippen molar-refractivity contribution in [1.82, 2.24) is 10.2 Å². The molecule has 0 heterocycles. The second-order valence-electron chi connectivity index (χ2n) is 10.5. The van der Waals surface area contributed by atoms with Crippen molar-refractivity contribution in [3.05, 3.63) is 86.9 Å². The van der Waals surface area contributed by atoms with Crippen molar-refractivity contribution in [2.75, 3.05) is 25.1 Å². The number of nitrogens with one attached hydrogen (secondary N) is 1. The number of nitrogens with zero attached hydrogens (tertiary/aromatic N) is 3. The van der Waals surface area contributed by atoms with E-state index in [0.717, 1.165) is 10.4 Å². The zero-order chi connectivity index (χ0) is 33.5. The van der Waals surface area contributed by atoms with E-state index in [-0.39, 0.29) is 41.0 Å². The number of amides is 2. The van der Waals surface area contributed by atoms with Crippen molar-refractivity contribution in [2.24, 2.45) is 0 Å². The van der Waals surface area contributed by atoms with Crippen LogP contribution in [-0.4, -0.2) is 62.9 Å².